The first-order chi connectivity index (χ1) is 8.99. The van der Waals surface area contributed by atoms with Crippen LogP contribution in [-0.4, -0.2) is 35.0 Å². The first-order valence-corrected chi connectivity index (χ1v) is 6.81. The lowest BCUT2D eigenvalue weighted by Crippen LogP contribution is -2.41. The van der Waals surface area contributed by atoms with E-state index in [1.807, 2.05) is 14.0 Å². The highest BCUT2D eigenvalue weighted by molar-refractivity contribution is 5.94. The van der Waals surface area contributed by atoms with Gasteiger partial charge in [-0.3, -0.25) is 4.79 Å². The molecule has 3 N–H and O–H groups in total. The normalized spacial score (nSPS) is 23.1. The molecule has 0 heterocycles. The van der Waals surface area contributed by atoms with E-state index in [4.69, 9.17) is 5.73 Å². The zero-order chi connectivity index (χ0) is 14.0. The van der Waals surface area contributed by atoms with Gasteiger partial charge in [-0.25, -0.2) is 0 Å². The molecule has 19 heavy (non-hydrogen) atoms. The second kappa shape index (κ2) is 5.61. The average Bonchev–Trinajstić information content (AvgIpc) is 2.41. The lowest BCUT2D eigenvalue weighted by Gasteiger charge is -2.33. The fourth-order valence-corrected chi connectivity index (χ4v) is 2.60. The predicted octanol–water partition coefficient (Wildman–Crippen LogP) is 2.04. The van der Waals surface area contributed by atoms with E-state index in [9.17, 15) is 9.90 Å². The molecule has 0 radical (unpaired) electrons. The molecule has 1 aliphatic carbocycles. The number of hydrogen-bond donors (Lipinski definition) is 2. The Morgan fingerprint density at radius 1 is 1.32 bits per heavy atom. The van der Waals surface area contributed by atoms with Crippen LogP contribution >= 0.6 is 0 Å². The summed E-state index contributed by atoms with van der Waals surface area (Å²) in [5.41, 5.74) is 7.21. The van der Waals surface area contributed by atoms with E-state index >= 15 is 0 Å². The Morgan fingerprint density at radius 2 is 1.95 bits per heavy atom. The van der Waals surface area contributed by atoms with Crippen molar-refractivity contribution in [2.24, 2.45) is 5.73 Å². The van der Waals surface area contributed by atoms with Crippen LogP contribution in [0, 0.1) is 6.92 Å². The maximum Gasteiger partial charge on any atom is 0.253 e. The van der Waals surface area contributed by atoms with Crippen LogP contribution in [0.5, 0.6) is 5.75 Å². The Labute approximate surface area is 114 Å². The molecule has 0 saturated heterocycles. The lowest BCUT2D eigenvalue weighted by atomic mass is 9.90. The van der Waals surface area contributed by atoms with Gasteiger partial charge in [0.2, 0.25) is 0 Å². The van der Waals surface area contributed by atoms with E-state index in [1.54, 1.807) is 23.1 Å². The number of rotatable bonds is 2. The summed E-state index contributed by atoms with van der Waals surface area (Å²) in [4.78, 5) is 14.2. The third kappa shape index (κ3) is 3.07. The summed E-state index contributed by atoms with van der Waals surface area (Å²) in [6, 6.07) is 5.62. The van der Waals surface area contributed by atoms with Crippen molar-refractivity contribution in [2.45, 2.75) is 44.7 Å². The highest BCUT2D eigenvalue weighted by Crippen LogP contribution is 2.24. The van der Waals surface area contributed by atoms with Gasteiger partial charge in [-0.1, -0.05) is 6.07 Å². The van der Waals surface area contributed by atoms with Gasteiger partial charge >= 0.3 is 0 Å². The minimum atomic E-state index is -0.0317. The number of nitrogens with two attached hydrogens (primary N) is 1. The van der Waals surface area contributed by atoms with Gasteiger partial charge in [-0.2, -0.15) is 0 Å². The van der Waals surface area contributed by atoms with E-state index < -0.39 is 0 Å². The monoisotopic (exact) mass is 262 g/mol. The molecule has 0 bridgehead atoms. The van der Waals surface area contributed by atoms with Crippen LogP contribution in [0.25, 0.3) is 0 Å². The molecule has 0 aromatic heterocycles. The van der Waals surface area contributed by atoms with Crippen LogP contribution in [0.2, 0.25) is 0 Å². The van der Waals surface area contributed by atoms with Gasteiger partial charge in [0.05, 0.1) is 0 Å². The molecule has 1 amide bonds. The predicted molar refractivity (Wildman–Crippen MR) is 75.2 cm³/mol. The van der Waals surface area contributed by atoms with E-state index in [0.29, 0.717) is 5.56 Å². The topological polar surface area (TPSA) is 66.6 Å². The van der Waals surface area contributed by atoms with E-state index in [1.165, 1.54) is 0 Å². The molecule has 1 aromatic carbocycles. The molecule has 1 saturated carbocycles. The molecule has 1 aliphatic rings. The number of nitrogens with zero attached hydrogens (tertiary/aromatic N) is 1. The quantitative estimate of drug-likeness (QED) is 0.857. The third-order valence-corrected chi connectivity index (χ3v) is 4.07. The molecule has 2 rings (SSSR count). The van der Waals surface area contributed by atoms with Crippen LogP contribution < -0.4 is 5.73 Å². The molecule has 104 valence electrons. The second-order valence-corrected chi connectivity index (χ2v) is 5.49. The molecule has 1 aromatic rings. The fraction of sp³-hybridized carbons (Fsp3) is 0.533. The Hall–Kier alpha value is -1.55. The summed E-state index contributed by atoms with van der Waals surface area (Å²) in [6.07, 6.45) is 3.87. The minimum absolute atomic E-state index is 0.0317. The van der Waals surface area contributed by atoms with Crippen molar-refractivity contribution < 1.29 is 9.90 Å². The summed E-state index contributed by atoms with van der Waals surface area (Å²) in [6.45, 7) is 1.82. The van der Waals surface area contributed by atoms with Crippen molar-refractivity contribution >= 4 is 5.91 Å². The standard InChI is InChI=1S/C15H22N2O2/c1-10-3-4-11(9-14(10)18)15(19)17(2)13-7-5-12(16)6-8-13/h3-4,9,12-13,18H,5-8,16H2,1-2H3. The van der Waals surface area contributed by atoms with Crippen molar-refractivity contribution in [3.05, 3.63) is 29.3 Å². The zero-order valence-electron chi connectivity index (χ0n) is 11.6. The van der Waals surface area contributed by atoms with Gasteiger partial charge in [0, 0.05) is 24.7 Å². The molecule has 1 fully saturated rings. The number of benzene rings is 1. The summed E-state index contributed by atoms with van der Waals surface area (Å²) in [5.74, 6) is 0.140. The van der Waals surface area contributed by atoms with Crippen molar-refractivity contribution in [2.75, 3.05) is 7.05 Å². The van der Waals surface area contributed by atoms with Crippen molar-refractivity contribution in [1.29, 1.82) is 0 Å². The van der Waals surface area contributed by atoms with E-state index in [-0.39, 0.29) is 23.7 Å². The zero-order valence-corrected chi connectivity index (χ0v) is 11.6. The Kier molecular flexibility index (Phi) is 4.10. The Balaban J connectivity index is 2.08. The van der Waals surface area contributed by atoms with E-state index in [0.717, 1.165) is 31.2 Å². The first-order valence-electron chi connectivity index (χ1n) is 6.81. The molecular formula is C15H22N2O2. The molecule has 4 nitrogen and oxygen atoms in total. The van der Waals surface area contributed by atoms with E-state index in [2.05, 4.69) is 0 Å². The van der Waals surface area contributed by atoms with Crippen LogP contribution in [0.3, 0.4) is 0 Å². The summed E-state index contributed by atoms with van der Waals surface area (Å²) < 4.78 is 0. The number of aromatic hydroxyl groups is 1. The smallest absolute Gasteiger partial charge is 0.253 e. The fourth-order valence-electron chi connectivity index (χ4n) is 2.60. The molecule has 0 atom stereocenters. The molecule has 0 unspecified atom stereocenters. The molecule has 4 heteroatoms. The number of aryl methyl sites for hydroxylation is 1. The number of carbonyl (C=O) groups is 1. The van der Waals surface area contributed by atoms with Gasteiger partial charge in [0.15, 0.2) is 0 Å². The summed E-state index contributed by atoms with van der Waals surface area (Å²) >= 11 is 0. The first kappa shape index (κ1) is 13.9. The number of phenolic OH excluding ortho intramolecular Hbond substituents is 1. The average molecular weight is 262 g/mol. The summed E-state index contributed by atoms with van der Waals surface area (Å²) in [5, 5.41) is 9.69. The summed E-state index contributed by atoms with van der Waals surface area (Å²) in [7, 11) is 1.83. The number of carbonyl (C=O) groups excluding carboxylic acids is 1. The van der Waals surface area contributed by atoms with Crippen LogP contribution in [-0.2, 0) is 0 Å². The van der Waals surface area contributed by atoms with Crippen LogP contribution in [0.4, 0.5) is 0 Å². The minimum Gasteiger partial charge on any atom is -0.508 e. The molecule has 0 aliphatic heterocycles. The Bertz CT molecular complexity index is 465. The molecule has 0 spiro atoms. The number of hydrogen-bond acceptors (Lipinski definition) is 3. The lowest BCUT2D eigenvalue weighted by molar-refractivity contribution is 0.0689. The van der Waals surface area contributed by atoms with Crippen molar-refractivity contribution in [3.8, 4) is 5.75 Å². The maximum atomic E-state index is 12.4. The van der Waals surface area contributed by atoms with Gasteiger partial charge in [-0.15, -0.1) is 0 Å². The number of amides is 1. The van der Waals surface area contributed by atoms with Crippen molar-refractivity contribution in [1.82, 2.24) is 4.90 Å². The SMILES string of the molecule is Cc1ccc(C(=O)N(C)C2CCC(N)CC2)cc1O. The second-order valence-electron chi connectivity index (χ2n) is 5.49. The van der Waals surface area contributed by atoms with Gasteiger partial charge in [0.1, 0.15) is 5.75 Å². The van der Waals surface area contributed by atoms with Crippen LogP contribution in [0.1, 0.15) is 41.6 Å². The van der Waals surface area contributed by atoms with Gasteiger partial charge in [-0.05, 0) is 50.3 Å². The molecular weight excluding hydrogens is 240 g/mol. The van der Waals surface area contributed by atoms with Gasteiger partial charge < -0.3 is 15.7 Å². The highest BCUT2D eigenvalue weighted by atomic mass is 16.3. The largest absolute Gasteiger partial charge is 0.508 e. The number of phenols is 1. The van der Waals surface area contributed by atoms with Gasteiger partial charge in [0.25, 0.3) is 5.91 Å². The van der Waals surface area contributed by atoms with Crippen molar-refractivity contribution in [3.63, 3.8) is 0 Å². The van der Waals surface area contributed by atoms with Crippen LogP contribution in [0.15, 0.2) is 18.2 Å². The third-order valence-electron chi connectivity index (χ3n) is 4.07. The maximum absolute atomic E-state index is 12.4. The Morgan fingerprint density at radius 3 is 2.53 bits per heavy atom. The highest BCUT2D eigenvalue weighted by Gasteiger charge is 2.25.